The maximum Gasteiger partial charge on any atom is 0.0890 e. The molecule has 4 heteroatoms. The monoisotopic (exact) mass is 269 g/mol. The molecule has 3 aromatic rings. The second-order valence-electron chi connectivity index (χ2n) is 4.47. The first-order chi connectivity index (χ1) is 9.28. The van der Waals surface area contributed by atoms with Crippen LogP contribution in [0, 0.1) is 6.92 Å². The summed E-state index contributed by atoms with van der Waals surface area (Å²) in [5, 5.41) is 3.37. The van der Waals surface area contributed by atoms with Crippen LogP contribution in [0.2, 0.25) is 0 Å². The Bertz CT molecular complexity index is 705. The van der Waals surface area contributed by atoms with Crippen molar-refractivity contribution in [3.8, 4) is 0 Å². The fourth-order valence-electron chi connectivity index (χ4n) is 2.24. The van der Waals surface area contributed by atoms with Crippen molar-refractivity contribution in [3.05, 3.63) is 58.0 Å². The van der Waals surface area contributed by atoms with E-state index in [1.165, 1.54) is 15.3 Å². The van der Waals surface area contributed by atoms with E-state index in [0.29, 0.717) is 0 Å². The summed E-state index contributed by atoms with van der Waals surface area (Å²) in [4.78, 5) is 11.3. The van der Waals surface area contributed by atoms with Crippen LogP contribution in [0.25, 0.3) is 11.0 Å². The molecular formula is C15H15N3S. The van der Waals surface area contributed by atoms with Crippen LogP contribution in [-0.4, -0.2) is 17.0 Å². The molecule has 1 unspecified atom stereocenters. The summed E-state index contributed by atoms with van der Waals surface area (Å²) in [6.07, 6.45) is 3.45. The third kappa shape index (κ3) is 2.37. The first kappa shape index (κ1) is 12.3. The summed E-state index contributed by atoms with van der Waals surface area (Å²) < 4.78 is 0. The van der Waals surface area contributed by atoms with Gasteiger partial charge in [-0.3, -0.25) is 9.97 Å². The molecule has 0 saturated carbocycles. The molecule has 3 nitrogen and oxygen atoms in total. The SMILES string of the molecule is CNC(c1ccc2nccnc2c1)c1ccc(C)s1. The standard InChI is InChI=1S/C15H15N3S/c1-10-3-6-14(19-10)15(16-2)11-4-5-12-13(9-11)18-8-7-17-12/h3-9,15-16H,1-2H3. The molecule has 0 spiro atoms. The Morgan fingerprint density at radius 3 is 2.53 bits per heavy atom. The number of rotatable bonds is 3. The molecule has 1 N–H and O–H groups in total. The van der Waals surface area contributed by atoms with Crippen LogP contribution < -0.4 is 5.32 Å². The Kier molecular flexibility index (Phi) is 3.27. The zero-order valence-electron chi connectivity index (χ0n) is 10.9. The van der Waals surface area contributed by atoms with Crippen LogP contribution in [0.15, 0.2) is 42.7 Å². The molecule has 0 aliphatic carbocycles. The van der Waals surface area contributed by atoms with Gasteiger partial charge in [-0.15, -0.1) is 11.3 Å². The minimum atomic E-state index is 0.213. The molecule has 1 aromatic carbocycles. The number of benzene rings is 1. The van der Waals surface area contributed by atoms with Gasteiger partial charge in [-0.1, -0.05) is 6.07 Å². The van der Waals surface area contributed by atoms with E-state index >= 15 is 0 Å². The topological polar surface area (TPSA) is 37.8 Å². The summed E-state index contributed by atoms with van der Waals surface area (Å²) >= 11 is 1.82. The van der Waals surface area contributed by atoms with E-state index in [1.54, 1.807) is 12.4 Å². The molecular weight excluding hydrogens is 254 g/mol. The van der Waals surface area contributed by atoms with Crippen molar-refractivity contribution in [1.29, 1.82) is 0 Å². The average Bonchev–Trinajstić information content (AvgIpc) is 2.86. The number of aromatic nitrogens is 2. The van der Waals surface area contributed by atoms with Crippen molar-refractivity contribution >= 4 is 22.4 Å². The molecule has 1 atom stereocenters. The maximum absolute atomic E-state index is 4.37. The van der Waals surface area contributed by atoms with Crippen LogP contribution in [0.1, 0.15) is 21.4 Å². The van der Waals surface area contributed by atoms with Gasteiger partial charge in [0.1, 0.15) is 0 Å². The number of nitrogens with one attached hydrogen (secondary N) is 1. The van der Waals surface area contributed by atoms with Gasteiger partial charge in [0.15, 0.2) is 0 Å². The lowest BCUT2D eigenvalue weighted by Gasteiger charge is -2.15. The number of thiophene rings is 1. The third-order valence-corrected chi connectivity index (χ3v) is 4.23. The van der Waals surface area contributed by atoms with Crippen molar-refractivity contribution < 1.29 is 0 Å². The first-order valence-electron chi connectivity index (χ1n) is 6.22. The molecule has 3 rings (SSSR count). The highest BCUT2D eigenvalue weighted by Crippen LogP contribution is 2.29. The molecule has 96 valence electrons. The van der Waals surface area contributed by atoms with Crippen LogP contribution in [0.4, 0.5) is 0 Å². The van der Waals surface area contributed by atoms with Crippen molar-refractivity contribution in [2.75, 3.05) is 7.05 Å². The number of fused-ring (bicyclic) bond motifs is 1. The largest absolute Gasteiger partial charge is 0.309 e. The van der Waals surface area contributed by atoms with E-state index in [1.807, 2.05) is 24.5 Å². The molecule has 0 bridgehead atoms. The molecule has 0 aliphatic heterocycles. The lowest BCUT2D eigenvalue weighted by Crippen LogP contribution is -2.16. The Morgan fingerprint density at radius 1 is 1.05 bits per heavy atom. The second-order valence-corrected chi connectivity index (χ2v) is 5.79. The van der Waals surface area contributed by atoms with Gasteiger partial charge >= 0.3 is 0 Å². The van der Waals surface area contributed by atoms with Crippen LogP contribution in [-0.2, 0) is 0 Å². The van der Waals surface area contributed by atoms with Crippen molar-refractivity contribution in [1.82, 2.24) is 15.3 Å². The Morgan fingerprint density at radius 2 is 1.84 bits per heavy atom. The lowest BCUT2D eigenvalue weighted by atomic mass is 10.0. The van der Waals surface area contributed by atoms with Gasteiger partial charge in [-0.05, 0) is 43.8 Å². The van der Waals surface area contributed by atoms with Gasteiger partial charge < -0.3 is 5.32 Å². The molecule has 2 heterocycles. The van der Waals surface area contributed by atoms with E-state index in [0.717, 1.165) is 11.0 Å². The highest BCUT2D eigenvalue weighted by Gasteiger charge is 2.14. The minimum absolute atomic E-state index is 0.213. The van der Waals surface area contributed by atoms with Crippen molar-refractivity contribution in [2.24, 2.45) is 0 Å². The van der Waals surface area contributed by atoms with E-state index in [2.05, 4.69) is 46.5 Å². The predicted molar refractivity (Wildman–Crippen MR) is 79.5 cm³/mol. The quantitative estimate of drug-likeness (QED) is 0.792. The third-order valence-electron chi connectivity index (χ3n) is 3.16. The number of hydrogen-bond acceptors (Lipinski definition) is 4. The number of nitrogens with zero attached hydrogens (tertiary/aromatic N) is 2. The van der Waals surface area contributed by atoms with Crippen LogP contribution >= 0.6 is 11.3 Å². The lowest BCUT2D eigenvalue weighted by molar-refractivity contribution is 0.704. The Labute approximate surface area is 116 Å². The smallest absolute Gasteiger partial charge is 0.0890 e. The van der Waals surface area contributed by atoms with E-state index in [4.69, 9.17) is 0 Å². The molecule has 0 saturated heterocycles. The van der Waals surface area contributed by atoms with Gasteiger partial charge in [0.2, 0.25) is 0 Å². The van der Waals surface area contributed by atoms with Crippen LogP contribution in [0.3, 0.4) is 0 Å². The second kappa shape index (κ2) is 5.07. The van der Waals surface area contributed by atoms with Gasteiger partial charge in [-0.25, -0.2) is 0 Å². The fraction of sp³-hybridized carbons (Fsp3) is 0.200. The van der Waals surface area contributed by atoms with Gasteiger partial charge in [0, 0.05) is 22.1 Å². The Hall–Kier alpha value is -1.78. The normalized spacial score (nSPS) is 12.7. The molecule has 0 amide bonds. The zero-order valence-corrected chi connectivity index (χ0v) is 11.7. The van der Waals surface area contributed by atoms with Crippen LogP contribution in [0.5, 0.6) is 0 Å². The zero-order chi connectivity index (χ0) is 13.2. The van der Waals surface area contributed by atoms with E-state index < -0.39 is 0 Å². The summed E-state index contributed by atoms with van der Waals surface area (Å²) in [7, 11) is 1.99. The van der Waals surface area contributed by atoms with Gasteiger partial charge in [-0.2, -0.15) is 0 Å². The van der Waals surface area contributed by atoms with Crippen molar-refractivity contribution in [2.45, 2.75) is 13.0 Å². The number of hydrogen-bond donors (Lipinski definition) is 1. The fourth-order valence-corrected chi connectivity index (χ4v) is 3.26. The average molecular weight is 269 g/mol. The number of aryl methyl sites for hydroxylation is 1. The summed E-state index contributed by atoms with van der Waals surface area (Å²) in [5.41, 5.74) is 3.09. The summed E-state index contributed by atoms with van der Waals surface area (Å²) in [5.74, 6) is 0. The first-order valence-corrected chi connectivity index (χ1v) is 7.04. The summed E-state index contributed by atoms with van der Waals surface area (Å²) in [6.45, 7) is 2.13. The maximum atomic E-state index is 4.37. The predicted octanol–water partition coefficient (Wildman–Crippen LogP) is 3.31. The molecule has 0 radical (unpaired) electrons. The minimum Gasteiger partial charge on any atom is -0.309 e. The van der Waals surface area contributed by atoms with Gasteiger partial charge in [0.05, 0.1) is 17.1 Å². The summed E-state index contributed by atoms with van der Waals surface area (Å²) in [6, 6.07) is 10.8. The van der Waals surface area contributed by atoms with Crippen molar-refractivity contribution in [3.63, 3.8) is 0 Å². The molecule has 0 aliphatic rings. The van der Waals surface area contributed by atoms with E-state index in [9.17, 15) is 0 Å². The highest BCUT2D eigenvalue weighted by atomic mass is 32.1. The molecule has 19 heavy (non-hydrogen) atoms. The molecule has 0 fully saturated rings. The highest BCUT2D eigenvalue weighted by molar-refractivity contribution is 7.12. The van der Waals surface area contributed by atoms with Gasteiger partial charge in [0.25, 0.3) is 0 Å². The Balaban J connectivity index is 2.06. The molecule has 2 aromatic heterocycles. The van der Waals surface area contributed by atoms with E-state index in [-0.39, 0.29) is 6.04 Å².